The van der Waals surface area contributed by atoms with Gasteiger partial charge < -0.3 is 9.64 Å². The first-order valence-electron chi connectivity index (χ1n) is 6.16. The number of likely N-dealkylation sites (tertiary alicyclic amines) is 1. The quantitative estimate of drug-likeness (QED) is 0.655. The lowest BCUT2D eigenvalue weighted by Gasteiger charge is -2.31. The van der Waals surface area contributed by atoms with Crippen molar-refractivity contribution in [2.45, 2.75) is 39.5 Å². The standard InChI is InChI=1S/C12H23NO2/c1-3-7-13-8-5-6-11(10-13)12(14)15-9-4-2/h11H,3-10H2,1-2H3. The third-order valence-corrected chi connectivity index (χ3v) is 2.83. The van der Waals surface area contributed by atoms with Crippen LogP contribution in [0.2, 0.25) is 0 Å². The Kier molecular flexibility index (Phi) is 5.69. The third kappa shape index (κ3) is 4.20. The summed E-state index contributed by atoms with van der Waals surface area (Å²) >= 11 is 0. The third-order valence-electron chi connectivity index (χ3n) is 2.83. The maximum Gasteiger partial charge on any atom is 0.310 e. The number of rotatable bonds is 5. The summed E-state index contributed by atoms with van der Waals surface area (Å²) < 4.78 is 5.19. The summed E-state index contributed by atoms with van der Waals surface area (Å²) in [7, 11) is 0. The van der Waals surface area contributed by atoms with E-state index in [-0.39, 0.29) is 11.9 Å². The molecule has 0 spiro atoms. The van der Waals surface area contributed by atoms with E-state index in [1.807, 2.05) is 6.92 Å². The van der Waals surface area contributed by atoms with Gasteiger partial charge in [0.1, 0.15) is 0 Å². The van der Waals surface area contributed by atoms with Crippen molar-refractivity contribution >= 4 is 5.97 Å². The Morgan fingerprint density at radius 2 is 2.20 bits per heavy atom. The van der Waals surface area contributed by atoms with Crippen LogP contribution in [0.25, 0.3) is 0 Å². The van der Waals surface area contributed by atoms with Crippen LogP contribution in [0.5, 0.6) is 0 Å². The molecule has 1 aliphatic heterocycles. The molecule has 1 heterocycles. The highest BCUT2D eigenvalue weighted by atomic mass is 16.5. The normalized spacial score (nSPS) is 22.7. The van der Waals surface area contributed by atoms with Crippen LogP contribution in [-0.2, 0) is 9.53 Å². The average Bonchev–Trinajstić information content (AvgIpc) is 2.27. The topological polar surface area (TPSA) is 29.5 Å². The molecule has 3 heteroatoms. The van der Waals surface area contributed by atoms with Gasteiger partial charge in [-0.2, -0.15) is 0 Å². The van der Waals surface area contributed by atoms with Gasteiger partial charge in [0.15, 0.2) is 0 Å². The van der Waals surface area contributed by atoms with Crippen molar-refractivity contribution in [2.24, 2.45) is 5.92 Å². The second-order valence-corrected chi connectivity index (χ2v) is 4.31. The molecule has 3 nitrogen and oxygen atoms in total. The SMILES string of the molecule is CCCOC(=O)C1CCCN(CCC)C1. The minimum atomic E-state index is 0.0117. The van der Waals surface area contributed by atoms with Crippen molar-refractivity contribution in [3.05, 3.63) is 0 Å². The van der Waals surface area contributed by atoms with Crippen LogP contribution in [0.15, 0.2) is 0 Å². The fraction of sp³-hybridized carbons (Fsp3) is 0.917. The van der Waals surface area contributed by atoms with Gasteiger partial charge in [-0.25, -0.2) is 0 Å². The van der Waals surface area contributed by atoms with Crippen molar-refractivity contribution in [3.8, 4) is 0 Å². The Morgan fingerprint density at radius 3 is 2.87 bits per heavy atom. The lowest BCUT2D eigenvalue weighted by molar-refractivity contribution is -0.150. The number of carbonyl (C=O) groups is 1. The Labute approximate surface area is 92.8 Å². The molecule has 88 valence electrons. The summed E-state index contributed by atoms with van der Waals surface area (Å²) in [5.74, 6) is 0.134. The molecule has 1 atom stereocenters. The van der Waals surface area contributed by atoms with Gasteiger partial charge in [-0.3, -0.25) is 4.79 Å². The molecule has 1 rings (SSSR count). The van der Waals surface area contributed by atoms with Crippen molar-refractivity contribution in [3.63, 3.8) is 0 Å². The molecule has 15 heavy (non-hydrogen) atoms. The van der Waals surface area contributed by atoms with Crippen molar-refractivity contribution in [2.75, 3.05) is 26.2 Å². The van der Waals surface area contributed by atoms with Crippen molar-refractivity contribution < 1.29 is 9.53 Å². The summed E-state index contributed by atoms with van der Waals surface area (Å²) in [6.45, 7) is 7.93. The predicted octanol–water partition coefficient (Wildman–Crippen LogP) is 2.06. The highest BCUT2D eigenvalue weighted by Crippen LogP contribution is 2.17. The van der Waals surface area contributed by atoms with Crippen LogP contribution in [0, 0.1) is 5.92 Å². The van der Waals surface area contributed by atoms with E-state index >= 15 is 0 Å². The Balaban J connectivity index is 2.31. The summed E-state index contributed by atoms with van der Waals surface area (Å²) in [5, 5.41) is 0. The van der Waals surface area contributed by atoms with E-state index in [2.05, 4.69) is 11.8 Å². The molecular weight excluding hydrogens is 190 g/mol. The zero-order valence-electron chi connectivity index (χ0n) is 10.00. The highest BCUT2D eigenvalue weighted by Gasteiger charge is 2.26. The van der Waals surface area contributed by atoms with Gasteiger partial charge >= 0.3 is 5.97 Å². The molecule has 1 unspecified atom stereocenters. The summed E-state index contributed by atoms with van der Waals surface area (Å²) in [5.41, 5.74) is 0. The first-order chi connectivity index (χ1) is 7.27. The molecule has 0 amide bonds. The van der Waals surface area contributed by atoms with Gasteiger partial charge in [-0.1, -0.05) is 13.8 Å². The minimum absolute atomic E-state index is 0.0117. The molecule has 0 bridgehead atoms. The molecule has 1 fully saturated rings. The van der Waals surface area contributed by atoms with Crippen molar-refractivity contribution in [1.29, 1.82) is 0 Å². The van der Waals surface area contributed by atoms with Crippen LogP contribution < -0.4 is 0 Å². The number of piperidine rings is 1. The predicted molar refractivity (Wildman–Crippen MR) is 60.7 cm³/mol. The fourth-order valence-electron chi connectivity index (χ4n) is 2.09. The van der Waals surface area contributed by atoms with Gasteiger partial charge in [-0.15, -0.1) is 0 Å². The molecule has 0 radical (unpaired) electrons. The van der Waals surface area contributed by atoms with E-state index in [0.717, 1.165) is 45.3 Å². The molecule has 0 aromatic heterocycles. The van der Waals surface area contributed by atoms with Crippen LogP contribution in [-0.4, -0.2) is 37.1 Å². The lowest BCUT2D eigenvalue weighted by Crippen LogP contribution is -2.39. The smallest absolute Gasteiger partial charge is 0.310 e. The number of esters is 1. The maximum atomic E-state index is 11.7. The van der Waals surface area contributed by atoms with Gasteiger partial charge in [0.2, 0.25) is 0 Å². The first-order valence-corrected chi connectivity index (χ1v) is 6.16. The van der Waals surface area contributed by atoms with E-state index < -0.39 is 0 Å². The summed E-state index contributed by atoms with van der Waals surface area (Å²) in [4.78, 5) is 14.0. The second kappa shape index (κ2) is 6.83. The van der Waals surface area contributed by atoms with Gasteiger partial charge in [0.25, 0.3) is 0 Å². The van der Waals surface area contributed by atoms with Crippen molar-refractivity contribution in [1.82, 2.24) is 4.90 Å². The number of carbonyl (C=O) groups excluding carboxylic acids is 1. The molecule has 0 aliphatic carbocycles. The van der Waals surface area contributed by atoms with Crippen LogP contribution in [0.3, 0.4) is 0 Å². The Hall–Kier alpha value is -0.570. The van der Waals surface area contributed by atoms with E-state index in [0.29, 0.717) is 6.61 Å². The van der Waals surface area contributed by atoms with Crippen LogP contribution in [0.4, 0.5) is 0 Å². The number of nitrogens with zero attached hydrogens (tertiary/aromatic N) is 1. The maximum absolute atomic E-state index is 11.7. The van der Waals surface area contributed by atoms with E-state index in [9.17, 15) is 4.79 Å². The van der Waals surface area contributed by atoms with Gasteiger partial charge in [0, 0.05) is 6.54 Å². The highest BCUT2D eigenvalue weighted by molar-refractivity contribution is 5.72. The monoisotopic (exact) mass is 213 g/mol. The van der Waals surface area contributed by atoms with E-state index in [4.69, 9.17) is 4.74 Å². The molecular formula is C12H23NO2. The number of ether oxygens (including phenoxy) is 1. The molecule has 0 N–H and O–H groups in total. The molecule has 1 aliphatic rings. The van der Waals surface area contributed by atoms with Crippen LogP contribution >= 0.6 is 0 Å². The fourth-order valence-corrected chi connectivity index (χ4v) is 2.09. The summed E-state index contributed by atoms with van der Waals surface area (Å²) in [6, 6.07) is 0. The zero-order chi connectivity index (χ0) is 11.1. The van der Waals surface area contributed by atoms with Gasteiger partial charge in [0.05, 0.1) is 12.5 Å². The Morgan fingerprint density at radius 1 is 1.40 bits per heavy atom. The Bertz CT molecular complexity index is 192. The number of hydrogen-bond donors (Lipinski definition) is 0. The lowest BCUT2D eigenvalue weighted by atomic mass is 9.98. The van der Waals surface area contributed by atoms with Gasteiger partial charge in [-0.05, 0) is 38.8 Å². The zero-order valence-corrected chi connectivity index (χ0v) is 10.00. The van der Waals surface area contributed by atoms with E-state index in [1.165, 1.54) is 0 Å². The van der Waals surface area contributed by atoms with E-state index in [1.54, 1.807) is 0 Å². The largest absolute Gasteiger partial charge is 0.465 e. The molecule has 0 aromatic carbocycles. The summed E-state index contributed by atoms with van der Waals surface area (Å²) in [6.07, 6.45) is 4.21. The average molecular weight is 213 g/mol. The number of hydrogen-bond acceptors (Lipinski definition) is 3. The van der Waals surface area contributed by atoms with Crippen LogP contribution in [0.1, 0.15) is 39.5 Å². The minimum Gasteiger partial charge on any atom is -0.465 e. The first kappa shape index (κ1) is 12.5. The molecule has 0 saturated carbocycles. The second-order valence-electron chi connectivity index (χ2n) is 4.31. The molecule has 1 saturated heterocycles. The molecule has 0 aromatic rings.